The lowest BCUT2D eigenvalue weighted by Gasteiger charge is -2.35. The number of fused-ring (bicyclic) bond motifs is 1. The Morgan fingerprint density at radius 1 is 1.29 bits per heavy atom. The Balaban J connectivity index is 1.59. The fourth-order valence-electron chi connectivity index (χ4n) is 3.37. The van der Waals surface area contributed by atoms with Crippen molar-refractivity contribution in [2.24, 2.45) is 0 Å². The van der Waals surface area contributed by atoms with Gasteiger partial charge in [0.05, 0.1) is 5.69 Å². The molecule has 1 aromatic rings. The maximum atomic E-state index is 12.5. The number of rotatable bonds is 4. The van der Waals surface area contributed by atoms with Gasteiger partial charge in [0.15, 0.2) is 6.61 Å². The molecule has 2 heterocycles. The SMILES string of the molecule is CN1CCC(N(C)C(=O)CCN2C(=O)COc3ccccc32)CC1. The molecule has 6 heteroatoms. The van der Waals surface area contributed by atoms with E-state index in [1.807, 2.05) is 36.2 Å². The number of amides is 2. The van der Waals surface area contributed by atoms with Crippen LogP contribution in [0.5, 0.6) is 5.75 Å². The van der Waals surface area contributed by atoms with E-state index in [0.29, 0.717) is 24.8 Å². The Morgan fingerprint density at radius 3 is 2.75 bits per heavy atom. The lowest BCUT2D eigenvalue weighted by Crippen LogP contribution is -2.46. The fourth-order valence-corrected chi connectivity index (χ4v) is 3.37. The highest BCUT2D eigenvalue weighted by Gasteiger charge is 2.28. The number of hydrogen-bond donors (Lipinski definition) is 0. The Morgan fingerprint density at radius 2 is 2.00 bits per heavy atom. The maximum absolute atomic E-state index is 12.5. The maximum Gasteiger partial charge on any atom is 0.265 e. The summed E-state index contributed by atoms with van der Waals surface area (Å²) in [4.78, 5) is 30.5. The number of carbonyl (C=O) groups is 2. The van der Waals surface area contributed by atoms with Gasteiger partial charge in [-0.05, 0) is 45.1 Å². The minimum atomic E-state index is -0.0940. The van der Waals surface area contributed by atoms with Crippen LogP contribution in [0.25, 0.3) is 0 Å². The third-order valence-corrected chi connectivity index (χ3v) is 4.99. The minimum Gasteiger partial charge on any atom is -0.482 e. The number of hydrogen-bond acceptors (Lipinski definition) is 4. The van der Waals surface area contributed by atoms with Gasteiger partial charge in [-0.1, -0.05) is 12.1 Å². The summed E-state index contributed by atoms with van der Waals surface area (Å²) in [5.41, 5.74) is 0.753. The second kappa shape index (κ2) is 7.21. The topological polar surface area (TPSA) is 53.1 Å². The molecule has 1 saturated heterocycles. The van der Waals surface area contributed by atoms with Crippen molar-refractivity contribution < 1.29 is 14.3 Å². The van der Waals surface area contributed by atoms with Crippen LogP contribution in [-0.2, 0) is 9.59 Å². The third kappa shape index (κ3) is 3.53. The van der Waals surface area contributed by atoms with Crippen LogP contribution >= 0.6 is 0 Å². The Kier molecular flexibility index (Phi) is 5.04. The van der Waals surface area contributed by atoms with Crippen LogP contribution in [0.4, 0.5) is 5.69 Å². The quantitative estimate of drug-likeness (QED) is 0.836. The summed E-state index contributed by atoms with van der Waals surface area (Å²) in [5.74, 6) is 0.706. The lowest BCUT2D eigenvalue weighted by atomic mass is 10.0. The average molecular weight is 331 g/mol. The highest BCUT2D eigenvalue weighted by atomic mass is 16.5. The molecule has 1 aromatic carbocycles. The van der Waals surface area contributed by atoms with E-state index < -0.39 is 0 Å². The van der Waals surface area contributed by atoms with E-state index in [2.05, 4.69) is 11.9 Å². The van der Waals surface area contributed by atoms with Gasteiger partial charge in [0, 0.05) is 26.1 Å². The van der Waals surface area contributed by atoms with Crippen LogP contribution < -0.4 is 9.64 Å². The second-order valence-electron chi connectivity index (χ2n) is 6.59. The standard InChI is InChI=1S/C18H25N3O3/c1-19-10-7-14(8-11-19)20(2)17(22)9-12-21-15-5-3-4-6-16(15)24-13-18(21)23/h3-6,14H,7-13H2,1-2H3. The first-order chi connectivity index (χ1) is 11.6. The van der Waals surface area contributed by atoms with Crippen molar-refractivity contribution in [2.45, 2.75) is 25.3 Å². The number of anilines is 1. The van der Waals surface area contributed by atoms with E-state index in [4.69, 9.17) is 4.74 Å². The van der Waals surface area contributed by atoms with Crippen molar-refractivity contribution >= 4 is 17.5 Å². The molecule has 2 aliphatic heterocycles. The smallest absolute Gasteiger partial charge is 0.265 e. The summed E-state index contributed by atoms with van der Waals surface area (Å²) < 4.78 is 5.43. The van der Waals surface area contributed by atoms with Gasteiger partial charge in [0.25, 0.3) is 5.91 Å². The van der Waals surface area contributed by atoms with Gasteiger partial charge in [-0.25, -0.2) is 0 Å². The summed E-state index contributed by atoms with van der Waals surface area (Å²) in [6.07, 6.45) is 2.36. The molecule has 1 fully saturated rings. The predicted octanol–water partition coefficient (Wildman–Crippen LogP) is 1.35. The van der Waals surface area contributed by atoms with Crippen LogP contribution in [0.2, 0.25) is 0 Å². The average Bonchev–Trinajstić information content (AvgIpc) is 2.60. The zero-order chi connectivity index (χ0) is 17.1. The highest BCUT2D eigenvalue weighted by Crippen LogP contribution is 2.31. The van der Waals surface area contributed by atoms with Gasteiger partial charge >= 0.3 is 0 Å². The summed E-state index contributed by atoms with van der Waals surface area (Å²) in [5, 5.41) is 0. The number of benzene rings is 1. The minimum absolute atomic E-state index is 0.0377. The van der Waals surface area contributed by atoms with Gasteiger partial charge in [-0.3, -0.25) is 9.59 Å². The lowest BCUT2D eigenvalue weighted by molar-refractivity contribution is -0.132. The summed E-state index contributed by atoms with van der Waals surface area (Å²) in [6.45, 7) is 2.49. The highest BCUT2D eigenvalue weighted by molar-refractivity contribution is 5.98. The largest absolute Gasteiger partial charge is 0.482 e. The first kappa shape index (κ1) is 16.8. The van der Waals surface area contributed by atoms with E-state index in [0.717, 1.165) is 31.6 Å². The van der Waals surface area contributed by atoms with Gasteiger partial charge in [0.1, 0.15) is 5.75 Å². The third-order valence-electron chi connectivity index (χ3n) is 4.99. The van der Waals surface area contributed by atoms with Gasteiger partial charge in [0.2, 0.25) is 5.91 Å². The molecule has 6 nitrogen and oxygen atoms in total. The fraction of sp³-hybridized carbons (Fsp3) is 0.556. The molecule has 130 valence electrons. The normalized spacial score (nSPS) is 18.9. The molecule has 24 heavy (non-hydrogen) atoms. The van der Waals surface area contributed by atoms with Crippen LogP contribution in [-0.4, -0.2) is 68.0 Å². The van der Waals surface area contributed by atoms with Crippen LogP contribution in [0.3, 0.4) is 0 Å². The van der Waals surface area contributed by atoms with E-state index in [1.165, 1.54) is 0 Å². The number of piperidine rings is 1. The number of ether oxygens (including phenoxy) is 1. The monoisotopic (exact) mass is 331 g/mol. The van der Waals surface area contributed by atoms with Gasteiger partial charge in [-0.2, -0.15) is 0 Å². The number of nitrogens with zero attached hydrogens (tertiary/aromatic N) is 3. The Labute approximate surface area is 143 Å². The molecule has 2 aliphatic rings. The van der Waals surface area contributed by atoms with Crippen molar-refractivity contribution in [3.05, 3.63) is 24.3 Å². The first-order valence-corrected chi connectivity index (χ1v) is 8.52. The number of carbonyl (C=O) groups excluding carboxylic acids is 2. The molecular formula is C18H25N3O3. The van der Waals surface area contributed by atoms with E-state index in [-0.39, 0.29) is 18.4 Å². The zero-order valence-electron chi connectivity index (χ0n) is 14.4. The van der Waals surface area contributed by atoms with Crippen LogP contribution in [0, 0.1) is 0 Å². The van der Waals surface area contributed by atoms with Gasteiger partial charge in [-0.15, -0.1) is 0 Å². The van der Waals surface area contributed by atoms with Crippen molar-refractivity contribution in [2.75, 3.05) is 45.2 Å². The van der Waals surface area contributed by atoms with Gasteiger partial charge < -0.3 is 19.4 Å². The molecule has 0 saturated carbocycles. The molecular weight excluding hydrogens is 306 g/mol. The molecule has 0 N–H and O–H groups in total. The van der Waals surface area contributed by atoms with Crippen molar-refractivity contribution in [3.63, 3.8) is 0 Å². The number of para-hydroxylation sites is 2. The molecule has 0 radical (unpaired) electrons. The van der Waals surface area contributed by atoms with Crippen molar-refractivity contribution in [1.29, 1.82) is 0 Å². The Hall–Kier alpha value is -2.08. The number of likely N-dealkylation sites (tertiary alicyclic amines) is 1. The van der Waals surface area contributed by atoms with Crippen molar-refractivity contribution in [3.8, 4) is 5.75 Å². The molecule has 0 atom stereocenters. The van der Waals surface area contributed by atoms with E-state index >= 15 is 0 Å². The molecule has 0 aliphatic carbocycles. The second-order valence-corrected chi connectivity index (χ2v) is 6.59. The summed E-state index contributed by atoms with van der Waals surface area (Å²) >= 11 is 0. The first-order valence-electron chi connectivity index (χ1n) is 8.52. The van der Waals surface area contributed by atoms with Crippen LogP contribution in [0.1, 0.15) is 19.3 Å². The summed E-state index contributed by atoms with van der Waals surface area (Å²) in [6, 6.07) is 7.77. The van der Waals surface area contributed by atoms with E-state index in [1.54, 1.807) is 4.90 Å². The van der Waals surface area contributed by atoms with E-state index in [9.17, 15) is 9.59 Å². The summed E-state index contributed by atoms with van der Waals surface area (Å²) in [7, 11) is 3.99. The predicted molar refractivity (Wildman–Crippen MR) is 92.2 cm³/mol. The van der Waals surface area contributed by atoms with Crippen molar-refractivity contribution in [1.82, 2.24) is 9.80 Å². The molecule has 0 spiro atoms. The zero-order valence-corrected chi connectivity index (χ0v) is 14.4. The molecule has 0 aromatic heterocycles. The van der Waals surface area contributed by atoms with Crippen LogP contribution in [0.15, 0.2) is 24.3 Å². The molecule has 3 rings (SSSR count). The molecule has 0 bridgehead atoms. The molecule has 2 amide bonds. The molecule has 0 unspecified atom stereocenters. The Bertz CT molecular complexity index is 611.